The number of carbonyl (C=O) groups excluding carboxylic acids is 1. The van der Waals surface area contributed by atoms with Gasteiger partial charge in [-0.3, -0.25) is 9.69 Å². The lowest BCUT2D eigenvalue weighted by Gasteiger charge is -2.27. The van der Waals surface area contributed by atoms with Gasteiger partial charge in [0.1, 0.15) is 6.04 Å². The fourth-order valence-electron chi connectivity index (χ4n) is 3.54. The van der Waals surface area contributed by atoms with Crippen molar-refractivity contribution in [2.24, 2.45) is 7.05 Å². The Morgan fingerprint density at radius 1 is 1.07 bits per heavy atom. The molecule has 1 N–H and O–H groups in total. The summed E-state index contributed by atoms with van der Waals surface area (Å²) in [6, 6.07) is 17.7. The number of amides is 1. The molecule has 1 amide bonds. The zero-order valence-corrected chi connectivity index (χ0v) is 16.7. The lowest BCUT2D eigenvalue weighted by Crippen LogP contribution is -2.35. The van der Waals surface area contributed by atoms with Gasteiger partial charge in [-0.25, -0.2) is 4.98 Å². The highest BCUT2D eigenvalue weighted by atomic mass is 32.2. The third kappa shape index (κ3) is 4.29. The summed E-state index contributed by atoms with van der Waals surface area (Å²) in [7, 11) is 1.98. The number of benzene rings is 2. The average molecular weight is 393 g/mol. The van der Waals surface area contributed by atoms with Crippen molar-refractivity contribution in [3.63, 3.8) is 0 Å². The molecule has 28 heavy (non-hydrogen) atoms. The Balaban J connectivity index is 1.47. The van der Waals surface area contributed by atoms with Crippen molar-refractivity contribution >= 4 is 23.4 Å². The first kappa shape index (κ1) is 18.8. The van der Waals surface area contributed by atoms with E-state index >= 15 is 0 Å². The van der Waals surface area contributed by atoms with Crippen molar-refractivity contribution in [1.82, 2.24) is 14.5 Å². The largest absolute Gasteiger partial charge is 0.329 e. The van der Waals surface area contributed by atoms with Crippen LogP contribution < -0.4 is 5.32 Å². The Hall–Kier alpha value is -2.57. The topological polar surface area (TPSA) is 50.2 Å². The molecule has 1 aromatic heterocycles. The third-order valence-electron chi connectivity index (χ3n) is 4.98. The molecule has 4 rings (SSSR count). The Labute approximate surface area is 169 Å². The zero-order chi connectivity index (χ0) is 19.3. The molecule has 1 saturated heterocycles. The quantitative estimate of drug-likeness (QED) is 0.678. The number of aromatic nitrogens is 2. The second kappa shape index (κ2) is 8.63. The molecular weight excluding hydrogens is 368 g/mol. The Bertz CT molecular complexity index is 917. The second-order valence-electron chi connectivity index (χ2n) is 6.99. The first-order chi connectivity index (χ1) is 13.7. The monoisotopic (exact) mass is 392 g/mol. The van der Waals surface area contributed by atoms with Crippen molar-refractivity contribution < 1.29 is 4.79 Å². The standard InChI is InChI=1S/C22H24N4OS/c1-25-16-13-23-22(25)28-19-11-9-18(10-12-19)24-21(27)20(26-14-5-6-15-26)17-7-3-2-4-8-17/h2-4,7-13,16,20H,5-6,14-15H2,1H3,(H,24,27). The first-order valence-electron chi connectivity index (χ1n) is 9.56. The minimum Gasteiger partial charge on any atom is -0.329 e. The van der Waals surface area contributed by atoms with Gasteiger partial charge in [0, 0.05) is 30.0 Å². The third-order valence-corrected chi connectivity index (χ3v) is 6.06. The summed E-state index contributed by atoms with van der Waals surface area (Å²) in [4.78, 5) is 20.8. The molecule has 0 saturated carbocycles. The van der Waals surface area contributed by atoms with E-state index in [1.807, 2.05) is 72.4 Å². The normalized spacial score (nSPS) is 15.5. The van der Waals surface area contributed by atoms with E-state index in [4.69, 9.17) is 0 Å². The SMILES string of the molecule is Cn1ccnc1Sc1ccc(NC(=O)C(c2ccccc2)N2CCCC2)cc1. The van der Waals surface area contributed by atoms with E-state index in [0.29, 0.717) is 0 Å². The van der Waals surface area contributed by atoms with E-state index in [2.05, 4.69) is 15.2 Å². The lowest BCUT2D eigenvalue weighted by molar-refractivity contribution is -0.121. The molecule has 2 aromatic carbocycles. The molecule has 0 spiro atoms. The van der Waals surface area contributed by atoms with Gasteiger partial charge in [-0.05, 0) is 55.8 Å². The molecular formula is C22H24N4OS. The summed E-state index contributed by atoms with van der Waals surface area (Å²) >= 11 is 1.60. The Kier molecular flexibility index (Phi) is 5.78. The number of nitrogens with zero attached hydrogens (tertiary/aromatic N) is 3. The van der Waals surface area contributed by atoms with Crippen LogP contribution in [0.25, 0.3) is 0 Å². The van der Waals surface area contributed by atoms with Gasteiger partial charge in [0.2, 0.25) is 5.91 Å². The maximum absolute atomic E-state index is 13.1. The number of anilines is 1. The van der Waals surface area contributed by atoms with Crippen LogP contribution >= 0.6 is 11.8 Å². The molecule has 1 unspecified atom stereocenters. The van der Waals surface area contributed by atoms with Crippen LogP contribution in [0.5, 0.6) is 0 Å². The molecule has 1 aliphatic heterocycles. The molecule has 3 aromatic rings. The molecule has 1 fully saturated rings. The molecule has 1 atom stereocenters. The van der Waals surface area contributed by atoms with Gasteiger partial charge in [-0.1, -0.05) is 42.1 Å². The number of hydrogen-bond acceptors (Lipinski definition) is 4. The van der Waals surface area contributed by atoms with Crippen LogP contribution in [-0.4, -0.2) is 33.4 Å². The van der Waals surface area contributed by atoms with Gasteiger partial charge < -0.3 is 9.88 Å². The number of rotatable bonds is 6. The smallest absolute Gasteiger partial charge is 0.246 e. The van der Waals surface area contributed by atoms with Crippen molar-refractivity contribution in [2.75, 3.05) is 18.4 Å². The molecule has 0 aliphatic carbocycles. The van der Waals surface area contributed by atoms with Crippen LogP contribution in [0, 0.1) is 0 Å². The summed E-state index contributed by atoms with van der Waals surface area (Å²) in [6.07, 6.45) is 6.02. The van der Waals surface area contributed by atoms with Crippen LogP contribution in [0.1, 0.15) is 24.4 Å². The van der Waals surface area contributed by atoms with Crippen molar-refractivity contribution in [3.05, 3.63) is 72.6 Å². The fourth-order valence-corrected chi connectivity index (χ4v) is 4.34. The highest BCUT2D eigenvalue weighted by Crippen LogP contribution is 2.29. The van der Waals surface area contributed by atoms with Crippen LogP contribution in [0.2, 0.25) is 0 Å². The summed E-state index contributed by atoms with van der Waals surface area (Å²) in [5, 5.41) is 4.04. The van der Waals surface area contributed by atoms with Crippen molar-refractivity contribution in [2.45, 2.75) is 28.9 Å². The number of carbonyl (C=O) groups is 1. The van der Waals surface area contributed by atoms with E-state index in [9.17, 15) is 4.79 Å². The van der Waals surface area contributed by atoms with Crippen molar-refractivity contribution in [1.29, 1.82) is 0 Å². The Morgan fingerprint density at radius 2 is 1.79 bits per heavy atom. The maximum atomic E-state index is 13.1. The van der Waals surface area contributed by atoms with E-state index < -0.39 is 0 Å². The highest BCUT2D eigenvalue weighted by molar-refractivity contribution is 7.99. The molecule has 0 bridgehead atoms. The van der Waals surface area contributed by atoms with Gasteiger partial charge in [-0.15, -0.1) is 0 Å². The number of aryl methyl sites for hydroxylation is 1. The predicted molar refractivity (Wildman–Crippen MR) is 112 cm³/mol. The zero-order valence-electron chi connectivity index (χ0n) is 15.9. The van der Waals surface area contributed by atoms with Crippen LogP contribution in [0.15, 0.2) is 77.0 Å². The maximum Gasteiger partial charge on any atom is 0.246 e. The van der Waals surface area contributed by atoms with Gasteiger partial charge in [0.15, 0.2) is 5.16 Å². The predicted octanol–water partition coefficient (Wildman–Crippen LogP) is 4.35. The molecule has 144 valence electrons. The number of imidazole rings is 1. The average Bonchev–Trinajstić information content (AvgIpc) is 3.37. The molecule has 1 aliphatic rings. The van der Waals surface area contributed by atoms with E-state index in [-0.39, 0.29) is 11.9 Å². The van der Waals surface area contributed by atoms with E-state index in [1.165, 1.54) is 0 Å². The van der Waals surface area contributed by atoms with Gasteiger partial charge in [-0.2, -0.15) is 0 Å². The molecule has 0 radical (unpaired) electrons. The minimum atomic E-state index is -0.245. The summed E-state index contributed by atoms with van der Waals surface area (Å²) in [6.45, 7) is 1.93. The highest BCUT2D eigenvalue weighted by Gasteiger charge is 2.29. The molecule has 2 heterocycles. The number of nitrogens with one attached hydrogen (secondary N) is 1. The first-order valence-corrected chi connectivity index (χ1v) is 10.4. The molecule has 6 heteroatoms. The summed E-state index contributed by atoms with van der Waals surface area (Å²) in [5.41, 5.74) is 1.86. The van der Waals surface area contributed by atoms with E-state index in [0.717, 1.165) is 47.2 Å². The lowest BCUT2D eigenvalue weighted by atomic mass is 10.0. The summed E-state index contributed by atoms with van der Waals surface area (Å²) < 4.78 is 1.99. The molecule has 5 nitrogen and oxygen atoms in total. The fraction of sp³-hybridized carbons (Fsp3) is 0.273. The van der Waals surface area contributed by atoms with Crippen LogP contribution in [-0.2, 0) is 11.8 Å². The Morgan fingerprint density at radius 3 is 2.43 bits per heavy atom. The number of hydrogen-bond donors (Lipinski definition) is 1. The van der Waals surface area contributed by atoms with Gasteiger partial charge in [0.05, 0.1) is 0 Å². The van der Waals surface area contributed by atoms with Gasteiger partial charge >= 0.3 is 0 Å². The van der Waals surface area contributed by atoms with Crippen molar-refractivity contribution in [3.8, 4) is 0 Å². The minimum absolute atomic E-state index is 0.0256. The van der Waals surface area contributed by atoms with Crippen LogP contribution in [0.3, 0.4) is 0 Å². The van der Waals surface area contributed by atoms with E-state index in [1.54, 1.807) is 18.0 Å². The second-order valence-corrected chi connectivity index (χ2v) is 8.03. The number of likely N-dealkylation sites (tertiary alicyclic amines) is 1. The summed E-state index contributed by atoms with van der Waals surface area (Å²) in [5.74, 6) is 0.0256. The van der Waals surface area contributed by atoms with Gasteiger partial charge in [0.25, 0.3) is 0 Å². The van der Waals surface area contributed by atoms with Crippen LogP contribution in [0.4, 0.5) is 5.69 Å².